The molecule has 2 aromatic carbocycles. The van der Waals surface area contributed by atoms with E-state index in [2.05, 4.69) is 15.5 Å². The second kappa shape index (κ2) is 7.95. The molecule has 2 aromatic heterocycles. The number of benzene rings is 2. The highest BCUT2D eigenvalue weighted by molar-refractivity contribution is 7.92. The third-order valence-corrected chi connectivity index (χ3v) is 7.02. The molecule has 2 heterocycles. The van der Waals surface area contributed by atoms with Crippen LogP contribution in [-0.4, -0.2) is 19.1 Å². The first-order valence-corrected chi connectivity index (χ1v) is 11.1. The summed E-state index contributed by atoms with van der Waals surface area (Å²) < 4.78 is 29.9. The smallest absolute Gasteiger partial charge is 0.251 e. The van der Waals surface area contributed by atoms with Crippen molar-refractivity contribution in [2.24, 2.45) is 4.40 Å². The summed E-state index contributed by atoms with van der Waals surface area (Å²) >= 11 is 1.09. The van der Waals surface area contributed by atoms with Crippen LogP contribution in [0.4, 0.5) is 0 Å². The van der Waals surface area contributed by atoms with Gasteiger partial charge in [-0.1, -0.05) is 60.7 Å². The lowest BCUT2D eigenvalue weighted by molar-refractivity contribution is 0.600. The van der Waals surface area contributed by atoms with Crippen LogP contribution in [0.25, 0.3) is 10.9 Å². The predicted molar refractivity (Wildman–Crippen MR) is 115 cm³/mol. The van der Waals surface area contributed by atoms with Gasteiger partial charge in [0.15, 0.2) is 0 Å². The lowest BCUT2D eigenvalue weighted by Gasteiger charge is -2.13. The summed E-state index contributed by atoms with van der Waals surface area (Å²) in [6.07, 6.45) is 0. The standard InChI is InChI=1S/C22H15N3O2S2/c23-15-18(20-13-12-16-7-4-5-10-19(16)24-20)22(17-8-2-1-3-9-17)25-29(26,27)21-11-6-14-28-21/h1-14,18H. The maximum atomic E-state index is 12.8. The monoisotopic (exact) mass is 417 g/mol. The number of thiophene rings is 1. The van der Waals surface area contributed by atoms with Gasteiger partial charge in [-0.3, -0.25) is 4.98 Å². The van der Waals surface area contributed by atoms with E-state index < -0.39 is 15.9 Å². The summed E-state index contributed by atoms with van der Waals surface area (Å²) in [5, 5.41) is 12.6. The number of nitriles is 1. The average molecular weight is 418 g/mol. The molecule has 0 aliphatic rings. The van der Waals surface area contributed by atoms with E-state index in [1.165, 1.54) is 6.07 Å². The summed E-state index contributed by atoms with van der Waals surface area (Å²) in [6, 6.07) is 25.4. The van der Waals surface area contributed by atoms with Gasteiger partial charge in [0.2, 0.25) is 0 Å². The highest BCUT2D eigenvalue weighted by Crippen LogP contribution is 2.26. The molecule has 142 valence electrons. The zero-order chi connectivity index (χ0) is 20.3. The Hall–Kier alpha value is -3.34. The third kappa shape index (κ3) is 3.94. The van der Waals surface area contributed by atoms with Crippen molar-refractivity contribution in [3.8, 4) is 6.07 Å². The van der Waals surface area contributed by atoms with Gasteiger partial charge in [0.25, 0.3) is 10.0 Å². The Morgan fingerprint density at radius 2 is 1.72 bits per heavy atom. The first kappa shape index (κ1) is 19.0. The average Bonchev–Trinajstić information content (AvgIpc) is 3.30. The number of para-hydroxylation sites is 1. The molecule has 0 saturated heterocycles. The number of nitrogens with zero attached hydrogens (tertiary/aromatic N) is 3. The molecule has 4 rings (SSSR count). The van der Waals surface area contributed by atoms with Crippen LogP contribution in [0.5, 0.6) is 0 Å². The summed E-state index contributed by atoms with van der Waals surface area (Å²) in [4.78, 5) is 4.59. The van der Waals surface area contributed by atoms with Gasteiger partial charge in [0, 0.05) is 5.39 Å². The van der Waals surface area contributed by atoms with Crippen LogP contribution in [-0.2, 0) is 10.0 Å². The number of aromatic nitrogens is 1. The Bertz CT molecular complexity index is 1320. The number of sulfonamides is 1. The zero-order valence-corrected chi connectivity index (χ0v) is 16.8. The molecule has 0 aliphatic heterocycles. The lowest BCUT2D eigenvalue weighted by Crippen LogP contribution is -2.16. The van der Waals surface area contributed by atoms with Crippen LogP contribution in [0.15, 0.2) is 92.8 Å². The topological polar surface area (TPSA) is 83.2 Å². The van der Waals surface area contributed by atoms with E-state index in [0.717, 1.165) is 22.2 Å². The molecular weight excluding hydrogens is 402 g/mol. The molecule has 0 N–H and O–H groups in total. The van der Waals surface area contributed by atoms with E-state index in [1.807, 2.05) is 36.4 Å². The zero-order valence-electron chi connectivity index (χ0n) is 15.1. The molecule has 0 spiro atoms. The van der Waals surface area contributed by atoms with Crippen LogP contribution in [0.1, 0.15) is 17.2 Å². The van der Waals surface area contributed by atoms with Gasteiger partial charge in [-0.25, -0.2) is 0 Å². The molecule has 1 unspecified atom stereocenters. The third-order valence-electron chi connectivity index (χ3n) is 4.36. The molecule has 0 radical (unpaired) electrons. The van der Waals surface area contributed by atoms with Crippen molar-refractivity contribution in [2.45, 2.75) is 10.1 Å². The Balaban J connectivity index is 1.89. The van der Waals surface area contributed by atoms with Crippen molar-refractivity contribution >= 4 is 38.0 Å². The summed E-state index contributed by atoms with van der Waals surface area (Å²) in [6.45, 7) is 0. The molecule has 1 atom stereocenters. The van der Waals surface area contributed by atoms with Gasteiger partial charge in [-0.15, -0.1) is 11.3 Å². The fourth-order valence-electron chi connectivity index (χ4n) is 2.98. The Labute approximate surface area is 172 Å². The minimum absolute atomic E-state index is 0.133. The summed E-state index contributed by atoms with van der Waals surface area (Å²) in [7, 11) is -3.94. The summed E-state index contributed by atoms with van der Waals surface area (Å²) in [5.41, 5.74) is 1.91. The van der Waals surface area contributed by atoms with Crippen LogP contribution >= 0.6 is 11.3 Å². The predicted octanol–water partition coefficient (Wildman–Crippen LogP) is 4.78. The normalized spacial score (nSPS) is 13.1. The van der Waals surface area contributed by atoms with E-state index in [-0.39, 0.29) is 9.92 Å². The van der Waals surface area contributed by atoms with Crippen molar-refractivity contribution in [2.75, 3.05) is 0 Å². The van der Waals surface area contributed by atoms with Crippen molar-refractivity contribution in [3.05, 3.63) is 95.5 Å². The highest BCUT2D eigenvalue weighted by Gasteiger charge is 2.25. The second-order valence-electron chi connectivity index (χ2n) is 6.24. The number of fused-ring (bicyclic) bond motifs is 1. The second-order valence-corrected chi connectivity index (χ2v) is 9.02. The fourth-order valence-corrected chi connectivity index (χ4v) is 5.00. The first-order valence-electron chi connectivity index (χ1n) is 8.77. The molecule has 0 fully saturated rings. The van der Waals surface area contributed by atoms with Crippen LogP contribution in [0, 0.1) is 11.3 Å². The molecule has 5 nitrogen and oxygen atoms in total. The molecule has 0 aliphatic carbocycles. The lowest BCUT2D eigenvalue weighted by atomic mass is 9.94. The highest BCUT2D eigenvalue weighted by atomic mass is 32.2. The molecule has 4 aromatic rings. The number of pyridine rings is 1. The van der Waals surface area contributed by atoms with Gasteiger partial charge in [-0.05, 0) is 29.1 Å². The van der Waals surface area contributed by atoms with Gasteiger partial charge in [0.05, 0.1) is 23.0 Å². The molecule has 29 heavy (non-hydrogen) atoms. The van der Waals surface area contributed by atoms with Gasteiger partial charge >= 0.3 is 0 Å². The minimum Gasteiger partial charge on any atom is -0.251 e. The fraction of sp³-hybridized carbons (Fsp3) is 0.0455. The van der Waals surface area contributed by atoms with Crippen molar-refractivity contribution < 1.29 is 8.42 Å². The van der Waals surface area contributed by atoms with Gasteiger partial charge < -0.3 is 0 Å². The van der Waals surface area contributed by atoms with Crippen LogP contribution in [0.3, 0.4) is 0 Å². The number of hydrogen-bond acceptors (Lipinski definition) is 5. The van der Waals surface area contributed by atoms with E-state index in [1.54, 1.807) is 41.8 Å². The van der Waals surface area contributed by atoms with Crippen LogP contribution < -0.4 is 0 Å². The van der Waals surface area contributed by atoms with Crippen LogP contribution in [0.2, 0.25) is 0 Å². The minimum atomic E-state index is -3.94. The van der Waals surface area contributed by atoms with Gasteiger partial charge in [-0.2, -0.15) is 18.1 Å². The molecule has 7 heteroatoms. The van der Waals surface area contributed by atoms with E-state index >= 15 is 0 Å². The molecule has 0 saturated carbocycles. The number of hydrogen-bond donors (Lipinski definition) is 0. The maximum absolute atomic E-state index is 12.8. The van der Waals surface area contributed by atoms with Gasteiger partial charge in [0.1, 0.15) is 10.1 Å². The largest absolute Gasteiger partial charge is 0.292 e. The number of rotatable bonds is 5. The van der Waals surface area contributed by atoms with Crippen molar-refractivity contribution in [1.29, 1.82) is 5.26 Å². The molecular formula is C22H15N3O2S2. The Morgan fingerprint density at radius 1 is 0.966 bits per heavy atom. The Kier molecular flexibility index (Phi) is 5.21. The molecule has 0 bridgehead atoms. The SMILES string of the molecule is N#CC(C(=NS(=O)(=O)c1cccs1)c1ccccc1)c1ccc2ccccc2n1. The molecule has 0 amide bonds. The Morgan fingerprint density at radius 3 is 2.45 bits per heavy atom. The quantitative estimate of drug-likeness (QED) is 0.438. The van der Waals surface area contributed by atoms with E-state index in [9.17, 15) is 13.7 Å². The van der Waals surface area contributed by atoms with Crippen molar-refractivity contribution in [1.82, 2.24) is 4.98 Å². The maximum Gasteiger partial charge on any atom is 0.292 e. The van der Waals surface area contributed by atoms with E-state index in [0.29, 0.717) is 11.3 Å². The van der Waals surface area contributed by atoms with E-state index in [4.69, 9.17) is 0 Å². The van der Waals surface area contributed by atoms with Crippen molar-refractivity contribution in [3.63, 3.8) is 0 Å². The summed E-state index contributed by atoms with van der Waals surface area (Å²) in [5.74, 6) is -0.934. The first-order chi connectivity index (χ1) is 14.1.